The van der Waals surface area contributed by atoms with E-state index in [-0.39, 0.29) is 0 Å². The molecular weight excluding hydrogens is 216 g/mol. The molecular formula is C13H20N2O2. The first-order valence-electron chi connectivity index (χ1n) is 5.90. The third-order valence-corrected chi connectivity index (χ3v) is 2.67. The van der Waals surface area contributed by atoms with Crippen molar-refractivity contribution in [2.24, 2.45) is 0 Å². The third kappa shape index (κ3) is 3.00. The standard InChI is InChI=1S/C13H20N2O2/c1-5-7-13(10-14)8-6-9-15(13)11(16)17-12(2,3)4/h5,7H,6,8-9H2,1-4H3/b7-5-. The van der Waals surface area contributed by atoms with Gasteiger partial charge < -0.3 is 4.74 Å². The second-order valence-electron chi connectivity index (χ2n) is 5.27. The molecule has 0 aliphatic carbocycles. The highest BCUT2D eigenvalue weighted by molar-refractivity contribution is 5.71. The van der Waals surface area contributed by atoms with E-state index in [1.165, 1.54) is 4.90 Å². The van der Waals surface area contributed by atoms with Crippen LogP contribution in [0.4, 0.5) is 4.79 Å². The normalized spacial score (nSPS) is 25.0. The van der Waals surface area contributed by atoms with Crippen LogP contribution in [0.15, 0.2) is 12.2 Å². The van der Waals surface area contributed by atoms with Crippen LogP contribution in [0.1, 0.15) is 40.5 Å². The predicted octanol–water partition coefficient (Wildman–Crippen LogP) is 2.86. The number of rotatable bonds is 1. The molecule has 1 saturated heterocycles. The average molecular weight is 236 g/mol. The molecule has 0 saturated carbocycles. The van der Waals surface area contributed by atoms with E-state index in [0.717, 1.165) is 6.42 Å². The molecule has 0 bridgehead atoms. The highest BCUT2D eigenvalue weighted by Crippen LogP contribution is 2.31. The zero-order chi connectivity index (χ0) is 13.1. The number of ether oxygens (including phenoxy) is 1. The molecule has 0 N–H and O–H groups in total. The maximum Gasteiger partial charge on any atom is 0.411 e. The van der Waals surface area contributed by atoms with Crippen LogP contribution in [0.3, 0.4) is 0 Å². The van der Waals surface area contributed by atoms with Gasteiger partial charge in [-0.1, -0.05) is 6.08 Å². The molecule has 4 nitrogen and oxygen atoms in total. The highest BCUT2D eigenvalue weighted by Gasteiger charge is 2.43. The first-order chi connectivity index (χ1) is 7.84. The number of likely N-dealkylation sites (tertiary alicyclic amines) is 1. The maximum absolute atomic E-state index is 12.0. The van der Waals surface area contributed by atoms with E-state index in [1.54, 1.807) is 6.08 Å². The van der Waals surface area contributed by atoms with Crippen LogP contribution in [-0.4, -0.2) is 28.7 Å². The number of nitrogens with zero attached hydrogens (tertiary/aromatic N) is 2. The molecule has 1 unspecified atom stereocenters. The predicted molar refractivity (Wildman–Crippen MR) is 65.3 cm³/mol. The Hall–Kier alpha value is -1.50. The van der Waals surface area contributed by atoms with Crippen molar-refractivity contribution in [2.75, 3.05) is 6.54 Å². The Morgan fingerprint density at radius 1 is 1.53 bits per heavy atom. The molecule has 1 amide bonds. The number of nitriles is 1. The summed E-state index contributed by atoms with van der Waals surface area (Å²) in [6.45, 7) is 7.90. The summed E-state index contributed by atoms with van der Waals surface area (Å²) in [5.41, 5.74) is -1.35. The Bertz CT molecular complexity index is 363. The monoisotopic (exact) mass is 236 g/mol. The lowest BCUT2D eigenvalue weighted by Gasteiger charge is -2.31. The number of carbonyl (C=O) groups is 1. The Labute approximate surface area is 103 Å². The molecule has 0 spiro atoms. The zero-order valence-corrected chi connectivity index (χ0v) is 11.0. The second-order valence-corrected chi connectivity index (χ2v) is 5.27. The van der Waals surface area contributed by atoms with Gasteiger partial charge in [-0.3, -0.25) is 4.90 Å². The van der Waals surface area contributed by atoms with Crippen LogP contribution < -0.4 is 0 Å². The summed E-state index contributed by atoms with van der Waals surface area (Å²) in [6, 6.07) is 2.23. The van der Waals surface area contributed by atoms with Gasteiger partial charge in [0.15, 0.2) is 5.54 Å². The summed E-state index contributed by atoms with van der Waals surface area (Å²) in [7, 11) is 0. The van der Waals surface area contributed by atoms with Crippen molar-refractivity contribution < 1.29 is 9.53 Å². The molecule has 1 fully saturated rings. The first-order valence-corrected chi connectivity index (χ1v) is 5.90. The van der Waals surface area contributed by atoms with E-state index >= 15 is 0 Å². The van der Waals surface area contributed by atoms with E-state index in [4.69, 9.17) is 4.74 Å². The number of hydrogen-bond donors (Lipinski definition) is 0. The van der Waals surface area contributed by atoms with E-state index in [1.807, 2.05) is 33.8 Å². The number of allylic oxidation sites excluding steroid dienone is 1. The molecule has 0 aromatic rings. The molecule has 94 valence electrons. The molecule has 1 aliphatic heterocycles. The van der Waals surface area contributed by atoms with Crippen LogP contribution >= 0.6 is 0 Å². The Balaban J connectivity index is 2.90. The van der Waals surface area contributed by atoms with Crippen molar-refractivity contribution in [3.63, 3.8) is 0 Å². The lowest BCUT2D eigenvalue weighted by molar-refractivity contribution is 0.0204. The molecule has 4 heteroatoms. The van der Waals surface area contributed by atoms with Gasteiger partial charge in [0.25, 0.3) is 0 Å². The molecule has 1 atom stereocenters. The summed E-state index contributed by atoms with van der Waals surface area (Å²) in [6.07, 6.45) is 4.69. The van der Waals surface area contributed by atoms with Gasteiger partial charge in [-0.15, -0.1) is 0 Å². The fourth-order valence-corrected chi connectivity index (χ4v) is 2.01. The number of hydrogen-bond acceptors (Lipinski definition) is 3. The van der Waals surface area contributed by atoms with Crippen molar-refractivity contribution in [1.29, 1.82) is 5.26 Å². The van der Waals surface area contributed by atoms with Crippen molar-refractivity contribution in [3.8, 4) is 6.07 Å². The van der Waals surface area contributed by atoms with Gasteiger partial charge in [0.1, 0.15) is 5.60 Å². The Kier molecular flexibility index (Phi) is 3.82. The molecule has 0 aromatic carbocycles. The largest absolute Gasteiger partial charge is 0.444 e. The van der Waals surface area contributed by atoms with Crippen molar-refractivity contribution >= 4 is 6.09 Å². The minimum atomic E-state index is -0.822. The van der Waals surface area contributed by atoms with Crippen LogP contribution in [0.5, 0.6) is 0 Å². The van der Waals surface area contributed by atoms with E-state index in [0.29, 0.717) is 13.0 Å². The van der Waals surface area contributed by atoms with Crippen LogP contribution in [0, 0.1) is 11.3 Å². The van der Waals surface area contributed by atoms with E-state index < -0.39 is 17.2 Å². The summed E-state index contributed by atoms with van der Waals surface area (Å²) in [4.78, 5) is 13.6. The smallest absolute Gasteiger partial charge is 0.411 e. The third-order valence-electron chi connectivity index (χ3n) is 2.67. The summed E-state index contributed by atoms with van der Waals surface area (Å²) in [5.74, 6) is 0. The van der Waals surface area contributed by atoms with Gasteiger partial charge in [0, 0.05) is 6.54 Å². The molecule has 0 radical (unpaired) electrons. The fourth-order valence-electron chi connectivity index (χ4n) is 2.01. The van der Waals surface area contributed by atoms with Gasteiger partial charge in [0.2, 0.25) is 0 Å². The SMILES string of the molecule is C/C=C\C1(C#N)CCCN1C(=O)OC(C)(C)C. The summed E-state index contributed by atoms with van der Waals surface area (Å²) >= 11 is 0. The first kappa shape index (κ1) is 13.6. The van der Waals surface area contributed by atoms with Crippen LogP contribution in [-0.2, 0) is 4.74 Å². The van der Waals surface area contributed by atoms with Gasteiger partial charge in [-0.25, -0.2) is 4.79 Å². The molecule has 1 aliphatic rings. The van der Waals surface area contributed by atoms with Gasteiger partial charge >= 0.3 is 6.09 Å². The Morgan fingerprint density at radius 2 is 2.18 bits per heavy atom. The maximum atomic E-state index is 12.0. The average Bonchev–Trinajstić information content (AvgIpc) is 2.60. The number of amides is 1. The highest BCUT2D eigenvalue weighted by atomic mass is 16.6. The van der Waals surface area contributed by atoms with Crippen molar-refractivity contribution in [2.45, 2.75) is 51.7 Å². The minimum Gasteiger partial charge on any atom is -0.444 e. The molecule has 17 heavy (non-hydrogen) atoms. The fraction of sp³-hybridized carbons (Fsp3) is 0.692. The lowest BCUT2D eigenvalue weighted by atomic mass is 9.98. The molecule has 0 aromatic heterocycles. The van der Waals surface area contributed by atoms with Gasteiger partial charge in [-0.2, -0.15) is 5.26 Å². The second kappa shape index (κ2) is 4.79. The van der Waals surface area contributed by atoms with Crippen molar-refractivity contribution in [3.05, 3.63) is 12.2 Å². The lowest BCUT2D eigenvalue weighted by Crippen LogP contribution is -2.47. The summed E-state index contributed by atoms with van der Waals surface area (Å²) in [5, 5.41) is 9.31. The topological polar surface area (TPSA) is 53.3 Å². The van der Waals surface area contributed by atoms with Crippen LogP contribution in [0.25, 0.3) is 0 Å². The van der Waals surface area contributed by atoms with E-state index in [9.17, 15) is 10.1 Å². The van der Waals surface area contributed by atoms with Gasteiger partial charge in [0.05, 0.1) is 6.07 Å². The summed E-state index contributed by atoms with van der Waals surface area (Å²) < 4.78 is 5.33. The van der Waals surface area contributed by atoms with Crippen molar-refractivity contribution in [1.82, 2.24) is 4.90 Å². The number of carbonyl (C=O) groups excluding carboxylic acids is 1. The Morgan fingerprint density at radius 3 is 2.65 bits per heavy atom. The van der Waals surface area contributed by atoms with Crippen LogP contribution in [0.2, 0.25) is 0 Å². The van der Waals surface area contributed by atoms with E-state index in [2.05, 4.69) is 6.07 Å². The zero-order valence-electron chi connectivity index (χ0n) is 11.0. The minimum absolute atomic E-state index is 0.408. The molecule has 1 rings (SSSR count). The quantitative estimate of drug-likeness (QED) is 0.658. The molecule has 1 heterocycles. The van der Waals surface area contributed by atoms with Gasteiger partial charge in [-0.05, 0) is 46.6 Å².